The van der Waals surface area contributed by atoms with Gasteiger partial charge in [0.15, 0.2) is 0 Å². The second-order valence-corrected chi connectivity index (χ2v) is 4.59. The van der Waals surface area contributed by atoms with Gasteiger partial charge in [-0.2, -0.15) is 16.9 Å². The molecule has 0 saturated carbocycles. The van der Waals surface area contributed by atoms with Gasteiger partial charge in [0.05, 0.1) is 11.4 Å². The van der Waals surface area contributed by atoms with E-state index in [0.717, 1.165) is 11.5 Å². The average Bonchev–Trinajstić information content (AvgIpc) is 2.60. The zero-order chi connectivity index (χ0) is 9.42. The monoisotopic (exact) mass is 197 g/mol. The van der Waals surface area contributed by atoms with Gasteiger partial charge in [0.2, 0.25) is 0 Å². The molecule has 2 heterocycles. The molecule has 4 heteroatoms. The highest BCUT2D eigenvalue weighted by molar-refractivity contribution is 7.98. The fourth-order valence-electron chi connectivity index (χ4n) is 1.73. The number of nitrogens with two attached hydrogens (primary N) is 1. The van der Waals surface area contributed by atoms with E-state index < -0.39 is 0 Å². The molecule has 2 rings (SSSR count). The standard InChI is InChI=1S/C9H15N3S/c1-6(2)12-9(3-10)7-4-13-5-8(7)11-12/h6H,3-5,10H2,1-2H3. The highest BCUT2D eigenvalue weighted by Crippen LogP contribution is 2.32. The van der Waals surface area contributed by atoms with Crippen LogP contribution in [-0.4, -0.2) is 9.78 Å². The molecule has 1 aliphatic rings. The van der Waals surface area contributed by atoms with Gasteiger partial charge in [-0.05, 0) is 13.8 Å². The van der Waals surface area contributed by atoms with Gasteiger partial charge in [0, 0.05) is 29.7 Å². The van der Waals surface area contributed by atoms with Crippen molar-refractivity contribution in [3.63, 3.8) is 0 Å². The molecule has 0 saturated heterocycles. The molecule has 1 aliphatic heterocycles. The Labute approximate surface area is 82.7 Å². The van der Waals surface area contributed by atoms with Gasteiger partial charge in [-0.3, -0.25) is 4.68 Å². The molecule has 0 aliphatic carbocycles. The summed E-state index contributed by atoms with van der Waals surface area (Å²) in [5.74, 6) is 2.15. The summed E-state index contributed by atoms with van der Waals surface area (Å²) in [6.45, 7) is 4.91. The zero-order valence-electron chi connectivity index (χ0n) is 8.08. The minimum absolute atomic E-state index is 0.425. The molecular formula is C9H15N3S. The molecule has 2 N–H and O–H groups in total. The molecule has 1 aromatic heterocycles. The van der Waals surface area contributed by atoms with E-state index in [1.807, 2.05) is 11.8 Å². The van der Waals surface area contributed by atoms with E-state index in [4.69, 9.17) is 5.73 Å². The van der Waals surface area contributed by atoms with Gasteiger partial charge in [-0.15, -0.1) is 0 Å². The maximum absolute atomic E-state index is 5.74. The van der Waals surface area contributed by atoms with E-state index in [0.29, 0.717) is 12.6 Å². The summed E-state index contributed by atoms with van der Waals surface area (Å²) in [6.07, 6.45) is 0. The third-order valence-electron chi connectivity index (χ3n) is 2.37. The lowest BCUT2D eigenvalue weighted by molar-refractivity contribution is 0.506. The third kappa shape index (κ3) is 1.38. The first kappa shape index (κ1) is 9.09. The maximum atomic E-state index is 5.74. The van der Waals surface area contributed by atoms with Gasteiger partial charge in [0.25, 0.3) is 0 Å². The molecule has 0 amide bonds. The van der Waals surface area contributed by atoms with Crippen LogP contribution in [0.5, 0.6) is 0 Å². The van der Waals surface area contributed by atoms with E-state index >= 15 is 0 Å². The summed E-state index contributed by atoms with van der Waals surface area (Å²) in [5.41, 5.74) is 9.61. The molecule has 0 atom stereocenters. The van der Waals surface area contributed by atoms with Crippen LogP contribution in [0.4, 0.5) is 0 Å². The van der Waals surface area contributed by atoms with Crippen molar-refractivity contribution in [2.24, 2.45) is 5.73 Å². The summed E-state index contributed by atoms with van der Waals surface area (Å²) in [5, 5.41) is 4.58. The summed E-state index contributed by atoms with van der Waals surface area (Å²) in [7, 11) is 0. The minimum atomic E-state index is 0.425. The van der Waals surface area contributed by atoms with Crippen LogP contribution in [0.25, 0.3) is 0 Å². The molecule has 1 aromatic rings. The minimum Gasteiger partial charge on any atom is -0.325 e. The van der Waals surface area contributed by atoms with Crippen LogP contribution in [0, 0.1) is 0 Å². The highest BCUT2D eigenvalue weighted by atomic mass is 32.2. The molecule has 0 unspecified atom stereocenters. The van der Waals surface area contributed by atoms with Crippen LogP contribution in [-0.2, 0) is 18.1 Å². The van der Waals surface area contributed by atoms with Crippen LogP contribution in [0.3, 0.4) is 0 Å². The second kappa shape index (κ2) is 3.35. The predicted octanol–water partition coefficient (Wildman–Crippen LogP) is 1.67. The van der Waals surface area contributed by atoms with E-state index in [9.17, 15) is 0 Å². The van der Waals surface area contributed by atoms with Crippen molar-refractivity contribution >= 4 is 11.8 Å². The van der Waals surface area contributed by atoms with Gasteiger partial charge in [0.1, 0.15) is 0 Å². The first-order valence-corrected chi connectivity index (χ1v) is 5.76. The molecule has 0 bridgehead atoms. The summed E-state index contributed by atoms with van der Waals surface area (Å²) >= 11 is 1.93. The third-order valence-corrected chi connectivity index (χ3v) is 3.34. The number of hydrogen-bond donors (Lipinski definition) is 1. The Morgan fingerprint density at radius 1 is 1.54 bits per heavy atom. The molecule has 72 valence electrons. The van der Waals surface area contributed by atoms with Crippen LogP contribution in [0.1, 0.15) is 36.8 Å². The first-order valence-electron chi connectivity index (χ1n) is 4.61. The molecule has 0 radical (unpaired) electrons. The maximum Gasteiger partial charge on any atom is 0.0767 e. The molecule has 0 spiro atoms. The number of hydrogen-bond acceptors (Lipinski definition) is 3. The molecular weight excluding hydrogens is 182 g/mol. The number of thioether (sulfide) groups is 1. The Bertz CT molecular complexity index is 317. The van der Waals surface area contributed by atoms with E-state index in [1.54, 1.807) is 0 Å². The molecule has 13 heavy (non-hydrogen) atoms. The van der Waals surface area contributed by atoms with Gasteiger partial charge < -0.3 is 5.73 Å². The van der Waals surface area contributed by atoms with Gasteiger partial charge in [-0.25, -0.2) is 0 Å². The number of fused-ring (bicyclic) bond motifs is 1. The number of rotatable bonds is 2. The normalized spacial score (nSPS) is 15.4. The van der Waals surface area contributed by atoms with Crippen LogP contribution >= 0.6 is 11.8 Å². The van der Waals surface area contributed by atoms with Crippen molar-refractivity contribution < 1.29 is 0 Å². The van der Waals surface area contributed by atoms with Crippen molar-refractivity contribution in [3.05, 3.63) is 17.0 Å². The highest BCUT2D eigenvalue weighted by Gasteiger charge is 2.22. The number of aromatic nitrogens is 2. The fraction of sp³-hybridized carbons (Fsp3) is 0.667. The van der Waals surface area contributed by atoms with Crippen molar-refractivity contribution in [1.82, 2.24) is 9.78 Å². The number of nitrogens with zero attached hydrogens (tertiary/aromatic N) is 2. The lowest BCUT2D eigenvalue weighted by Gasteiger charge is -2.10. The van der Waals surface area contributed by atoms with Crippen LogP contribution in [0.15, 0.2) is 0 Å². The van der Waals surface area contributed by atoms with E-state index in [2.05, 4.69) is 23.6 Å². The van der Waals surface area contributed by atoms with Crippen molar-refractivity contribution in [2.45, 2.75) is 37.9 Å². The Hall–Kier alpha value is -0.480. The lowest BCUT2D eigenvalue weighted by atomic mass is 10.2. The summed E-state index contributed by atoms with van der Waals surface area (Å²) in [6, 6.07) is 0.425. The SMILES string of the molecule is CC(C)n1nc2c(c1CN)CSC2. The Morgan fingerprint density at radius 3 is 2.92 bits per heavy atom. The topological polar surface area (TPSA) is 43.8 Å². The fourth-order valence-corrected chi connectivity index (χ4v) is 2.80. The van der Waals surface area contributed by atoms with Crippen molar-refractivity contribution in [3.8, 4) is 0 Å². The molecule has 0 fully saturated rings. The first-order chi connectivity index (χ1) is 6.24. The Kier molecular flexibility index (Phi) is 2.34. The van der Waals surface area contributed by atoms with E-state index in [-0.39, 0.29) is 0 Å². The summed E-state index contributed by atoms with van der Waals surface area (Å²) < 4.78 is 2.07. The smallest absolute Gasteiger partial charge is 0.0767 e. The van der Waals surface area contributed by atoms with Crippen molar-refractivity contribution in [1.29, 1.82) is 0 Å². The Morgan fingerprint density at radius 2 is 2.31 bits per heavy atom. The Balaban J connectivity index is 2.47. The summed E-state index contributed by atoms with van der Waals surface area (Å²) in [4.78, 5) is 0. The predicted molar refractivity (Wildman–Crippen MR) is 55.5 cm³/mol. The van der Waals surface area contributed by atoms with E-state index in [1.165, 1.54) is 17.0 Å². The lowest BCUT2D eigenvalue weighted by Crippen LogP contribution is -2.12. The van der Waals surface area contributed by atoms with Crippen LogP contribution < -0.4 is 5.73 Å². The second-order valence-electron chi connectivity index (χ2n) is 3.61. The van der Waals surface area contributed by atoms with Gasteiger partial charge >= 0.3 is 0 Å². The van der Waals surface area contributed by atoms with Crippen molar-refractivity contribution in [2.75, 3.05) is 0 Å². The average molecular weight is 197 g/mol. The molecule has 3 nitrogen and oxygen atoms in total. The molecule has 0 aromatic carbocycles. The van der Waals surface area contributed by atoms with Gasteiger partial charge in [-0.1, -0.05) is 0 Å². The largest absolute Gasteiger partial charge is 0.325 e. The quantitative estimate of drug-likeness (QED) is 0.784. The van der Waals surface area contributed by atoms with Crippen LogP contribution in [0.2, 0.25) is 0 Å². The zero-order valence-corrected chi connectivity index (χ0v) is 8.90.